The van der Waals surface area contributed by atoms with Gasteiger partial charge in [-0.15, -0.1) is 0 Å². The second-order valence-corrected chi connectivity index (χ2v) is 8.24. The summed E-state index contributed by atoms with van der Waals surface area (Å²) >= 11 is 0. The van der Waals surface area contributed by atoms with Crippen LogP contribution in [0, 0.1) is 0 Å². The van der Waals surface area contributed by atoms with Gasteiger partial charge in [0, 0.05) is 32.2 Å². The molecule has 2 saturated heterocycles. The summed E-state index contributed by atoms with van der Waals surface area (Å²) in [5.41, 5.74) is 2.53. The third-order valence-electron chi connectivity index (χ3n) is 6.45. The average Bonchev–Trinajstić information content (AvgIpc) is 3.32. The predicted molar refractivity (Wildman–Crippen MR) is 107 cm³/mol. The number of aromatic nitrogens is 2. The molecule has 0 atom stereocenters. The van der Waals surface area contributed by atoms with Gasteiger partial charge in [0.25, 0.3) is 5.91 Å². The van der Waals surface area contributed by atoms with E-state index in [0.717, 1.165) is 56.1 Å². The molecule has 1 amide bonds. The zero-order chi connectivity index (χ0) is 19.1. The highest BCUT2D eigenvalue weighted by Gasteiger charge is 2.40. The van der Waals surface area contributed by atoms with Crippen LogP contribution in [0.2, 0.25) is 0 Å². The molecule has 5 rings (SSSR count). The van der Waals surface area contributed by atoms with Crippen LogP contribution < -0.4 is 4.90 Å². The van der Waals surface area contributed by atoms with Gasteiger partial charge in [-0.05, 0) is 31.0 Å². The number of amides is 1. The molecular weight excluding hydrogens is 356 g/mol. The number of carbonyl (C=O) groups is 1. The number of hydrogen-bond acceptors (Lipinski definition) is 5. The number of fused-ring (bicyclic) bond motifs is 1. The van der Waals surface area contributed by atoms with Crippen LogP contribution in [0.15, 0.2) is 18.2 Å². The molecule has 0 bridgehead atoms. The van der Waals surface area contributed by atoms with Crippen molar-refractivity contribution in [1.29, 1.82) is 0 Å². The maximum atomic E-state index is 13.2. The Balaban J connectivity index is 1.40. The van der Waals surface area contributed by atoms with Gasteiger partial charge < -0.3 is 23.8 Å². The van der Waals surface area contributed by atoms with E-state index in [2.05, 4.69) is 9.47 Å². The van der Waals surface area contributed by atoms with Gasteiger partial charge in [0.05, 0.1) is 43.0 Å². The molecule has 7 nitrogen and oxygen atoms in total. The monoisotopic (exact) mass is 384 g/mol. The van der Waals surface area contributed by atoms with Gasteiger partial charge in [-0.3, -0.25) is 4.79 Å². The van der Waals surface area contributed by atoms with Gasteiger partial charge in [0.2, 0.25) is 5.95 Å². The highest BCUT2D eigenvalue weighted by molar-refractivity contribution is 5.98. The summed E-state index contributed by atoms with van der Waals surface area (Å²) in [7, 11) is 2.04. The van der Waals surface area contributed by atoms with Gasteiger partial charge in [-0.25, -0.2) is 4.98 Å². The van der Waals surface area contributed by atoms with Crippen molar-refractivity contribution in [2.75, 3.05) is 50.9 Å². The maximum Gasteiger partial charge on any atom is 0.254 e. The lowest BCUT2D eigenvalue weighted by molar-refractivity contribution is -0.0948. The van der Waals surface area contributed by atoms with Crippen LogP contribution in [0.4, 0.5) is 5.95 Å². The van der Waals surface area contributed by atoms with E-state index in [1.54, 1.807) is 0 Å². The molecule has 1 spiro atoms. The van der Waals surface area contributed by atoms with Gasteiger partial charge >= 0.3 is 0 Å². The molecule has 2 aliphatic heterocycles. The number of carbonyl (C=O) groups excluding carboxylic acids is 1. The van der Waals surface area contributed by atoms with Crippen LogP contribution in [0.1, 0.15) is 36.0 Å². The van der Waals surface area contributed by atoms with Gasteiger partial charge in [-0.2, -0.15) is 0 Å². The number of hydrogen-bond donors (Lipinski definition) is 0. The standard InChI is InChI=1S/C21H28N4O3/c1-23-18-5-4-16(14-17(18)22-20(23)24-8-11-27-12-9-24)19(26)25-10-13-28-21(15-25)6-2-3-7-21/h4-5,14H,2-3,6-13,15H2,1H3. The Hall–Kier alpha value is -2.12. The van der Waals surface area contributed by atoms with Crippen molar-refractivity contribution in [3.63, 3.8) is 0 Å². The van der Waals surface area contributed by atoms with Crippen molar-refractivity contribution in [3.8, 4) is 0 Å². The topological polar surface area (TPSA) is 59.8 Å². The third-order valence-corrected chi connectivity index (χ3v) is 6.45. The first-order chi connectivity index (χ1) is 13.7. The summed E-state index contributed by atoms with van der Waals surface area (Å²) in [4.78, 5) is 22.2. The molecule has 3 aliphatic rings. The molecule has 0 unspecified atom stereocenters. The molecule has 1 saturated carbocycles. The number of nitrogens with zero attached hydrogens (tertiary/aromatic N) is 4. The fraction of sp³-hybridized carbons (Fsp3) is 0.619. The van der Waals surface area contributed by atoms with E-state index in [1.165, 1.54) is 12.8 Å². The van der Waals surface area contributed by atoms with Crippen LogP contribution in [0.3, 0.4) is 0 Å². The van der Waals surface area contributed by atoms with Crippen LogP contribution in [0.25, 0.3) is 11.0 Å². The SMILES string of the molecule is Cn1c(N2CCOCC2)nc2cc(C(=O)N3CCOC4(CCCC4)C3)ccc21. The number of benzene rings is 1. The number of imidazole rings is 1. The first-order valence-electron chi connectivity index (χ1n) is 10.4. The summed E-state index contributed by atoms with van der Waals surface area (Å²) in [6.45, 7) is 5.17. The fourth-order valence-electron chi connectivity index (χ4n) is 4.89. The van der Waals surface area contributed by atoms with Crippen molar-refractivity contribution >= 4 is 22.9 Å². The minimum atomic E-state index is -0.105. The van der Waals surface area contributed by atoms with Crippen LogP contribution in [-0.4, -0.2) is 72.0 Å². The molecule has 3 heterocycles. The fourth-order valence-corrected chi connectivity index (χ4v) is 4.89. The molecule has 150 valence electrons. The van der Waals surface area contributed by atoms with Gasteiger partial charge in [0.1, 0.15) is 0 Å². The smallest absolute Gasteiger partial charge is 0.254 e. The number of anilines is 1. The number of aryl methyl sites for hydroxylation is 1. The highest BCUT2D eigenvalue weighted by Crippen LogP contribution is 2.36. The van der Waals surface area contributed by atoms with Crippen molar-refractivity contribution in [2.24, 2.45) is 7.05 Å². The minimum Gasteiger partial charge on any atom is -0.378 e. The first kappa shape index (κ1) is 17.9. The second-order valence-electron chi connectivity index (χ2n) is 8.24. The summed E-state index contributed by atoms with van der Waals surface area (Å²) in [6, 6.07) is 5.90. The molecule has 2 aromatic rings. The Kier molecular flexibility index (Phi) is 4.51. The quantitative estimate of drug-likeness (QED) is 0.794. The average molecular weight is 384 g/mol. The zero-order valence-corrected chi connectivity index (χ0v) is 16.5. The molecule has 0 N–H and O–H groups in total. The highest BCUT2D eigenvalue weighted by atomic mass is 16.5. The Morgan fingerprint density at radius 2 is 1.89 bits per heavy atom. The van der Waals surface area contributed by atoms with Crippen LogP contribution in [-0.2, 0) is 16.5 Å². The second kappa shape index (κ2) is 7.04. The largest absolute Gasteiger partial charge is 0.378 e. The van der Waals surface area contributed by atoms with Crippen LogP contribution >= 0.6 is 0 Å². The Morgan fingerprint density at radius 1 is 1.11 bits per heavy atom. The van der Waals surface area contributed by atoms with E-state index in [4.69, 9.17) is 14.5 Å². The lowest BCUT2D eigenvalue weighted by Crippen LogP contribution is -2.52. The molecular formula is C21H28N4O3. The normalized spacial score (nSPS) is 22.3. The van der Waals surface area contributed by atoms with E-state index < -0.39 is 0 Å². The Bertz CT molecular complexity index is 881. The lowest BCUT2D eigenvalue weighted by Gasteiger charge is -2.40. The zero-order valence-electron chi connectivity index (χ0n) is 16.5. The number of ether oxygens (including phenoxy) is 2. The Morgan fingerprint density at radius 3 is 2.68 bits per heavy atom. The van der Waals surface area contributed by atoms with E-state index in [9.17, 15) is 4.79 Å². The maximum absolute atomic E-state index is 13.2. The van der Waals surface area contributed by atoms with E-state index in [1.807, 2.05) is 30.1 Å². The number of rotatable bonds is 2. The number of morpholine rings is 2. The van der Waals surface area contributed by atoms with E-state index in [0.29, 0.717) is 25.3 Å². The molecule has 1 aliphatic carbocycles. The summed E-state index contributed by atoms with van der Waals surface area (Å²) in [5, 5.41) is 0. The van der Waals surface area contributed by atoms with Gasteiger partial charge in [0.15, 0.2) is 0 Å². The lowest BCUT2D eigenvalue weighted by atomic mass is 9.99. The summed E-state index contributed by atoms with van der Waals surface area (Å²) in [5.74, 6) is 1.04. The minimum absolute atomic E-state index is 0.0926. The predicted octanol–water partition coefficient (Wildman–Crippen LogP) is 2.20. The van der Waals surface area contributed by atoms with Crippen LogP contribution in [0.5, 0.6) is 0 Å². The summed E-state index contributed by atoms with van der Waals surface area (Å²) in [6.07, 6.45) is 4.54. The molecule has 28 heavy (non-hydrogen) atoms. The van der Waals surface area contributed by atoms with Crippen molar-refractivity contribution in [1.82, 2.24) is 14.5 Å². The van der Waals surface area contributed by atoms with E-state index >= 15 is 0 Å². The first-order valence-corrected chi connectivity index (χ1v) is 10.4. The molecule has 0 radical (unpaired) electrons. The summed E-state index contributed by atoms with van der Waals surface area (Å²) < 4.78 is 13.6. The molecule has 1 aromatic heterocycles. The van der Waals surface area contributed by atoms with Crippen molar-refractivity contribution < 1.29 is 14.3 Å². The Labute approximate surface area is 165 Å². The van der Waals surface area contributed by atoms with E-state index in [-0.39, 0.29) is 11.5 Å². The van der Waals surface area contributed by atoms with Crippen molar-refractivity contribution in [3.05, 3.63) is 23.8 Å². The molecule has 3 fully saturated rings. The molecule has 7 heteroatoms. The van der Waals surface area contributed by atoms with Gasteiger partial charge in [-0.1, -0.05) is 12.8 Å². The van der Waals surface area contributed by atoms with Crippen molar-refractivity contribution in [2.45, 2.75) is 31.3 Å². The third kappa shape index (κ3) is 3.06. The molecule has 1 aromatic carbocycles.